The van der Waals surface area contributed by atoms with Gasteiger partial charge in [0.15, 0.2) is 0 Å². The molecule has 0 aromatic carbocycles. The highest BCUT2D eigenvalue weighted by molar-refractivity contribution is 7.53. The largest absolute Gasteiger partial charge is 0.391 e. The number of hydrogen-bond acceptors (Lipinski definition) is 6. The first-order valence-corrected chi connectivity index (χ1v) is 16.7. The van der Waals surface area contributed by atoms with Gasteiger partial charge < -0.3 is 19.1 Å². The predicted octanol–water partition coefficient (Wildman–Crippen LogP) is 5.66. The van der Waals surface area contributed by atoms with E-state index in [4.69, 9.17) is 9.05 Å². The molecule has 2 saturated carbocycles. The van der Waals surface area contributed by atoms with Crippen LogP contribution in [0.4, 0.5) is 0 Å². The van der Waals surface area contributed by atoms with Crippen LogP contribution < -0.4 is 0 Å². The number of rotatable bonds is 10. The molecule has 1 aliphatic heterocycles. The van der Waals surface area contributed by atoms with Gasteiger partial charge >= 0.3 is 7.60 Å². The summed E-state index contributed by atoms with van der Waals surface area (Å²) in [5.74, 6) is 2.78. The van der Waals surface area contributed by atoms with Crippen molar-refractivity contribution in [1.82, 2.24) is 9.80 Å². The summed E-state index contributed by atoms with van der Waals surface area (Å²) >= 11 is 0. The van der Waals surface area contributed by atoms with Crippen LogP contribution in [-0.2, 0) is 18.4 Å². The van der Waals surface area contributed by atoms with Gasteiger partial charge in [-0.1, -0.05) is 54.4 Å². The van der Waals surface area contributed by atoms with Crippen molar-refractivity contribution < 1.29 is 23.5 Å². The van der Waals surface area contributed by atoms with Gasteiger partial charge in [0, 0.05) is 39.6 Å². The van der Waals surface area contributed by atoms with Gasteiger partial charge in [0.05, 0.1) is 24.5 Å². The van der Waals surface area contributed by atoms with E-state index in [-0.39, 0.29) is 24.3 Å². The Kier molecular flexibility index (Phi) is 11.5. The smallest absolute Gasteiger partial charge is 0.333 e. The minimum Gasteiger partial charge on any atom is -0.391 e. The van der Waals surface area contributed by atoms with Crippen LogP contribution in [-0.4, -0.2) is 78.0 Å². The van der Waals surface area contributed by atoms with E-state index in [1.165, 1.54) is 12.8 Å². The van der Waals surface area contributed by atoms with Crippen molar-refractivity contribution in [3.63, 3.8) is 0 Å². The third kappa shape index (κ3) is 9.03. The van der Waals surface area contributed by atoms with E-state index in [9.17, 15) is 14.5 Å². The lowest BCUT2D eigenvalue weighted by atomic mass is 9.75. The van der Waals surface area contributed by atoms with Crippen molar-refractivity contribution in [2.45, 2.75) is 105 Å². The lowest BCUT2D eigenvalue weighted by molar-refractivity contribution is -0.130. The Bertz CT molecular complexity index is 731. The summed E-state index contributed by atoms with van der Waals surface area (Å²) in [4.78, 5) is 15.7. The second-order valence-corrected chi connectivity index (χ2v) is 15.2. The van der Waals surface area contributed by atoms with Crippen molar-refractivity contribution in [3.05, 3.63) is 0 Å². The van der Waals surface area contributed by atoms with E-state index in [1.807, 2.05) is 4.90 Å². The van der Waals surface area contributed by atoms with E-state index in [0.717, 1.165) is 25.7 Å². The molecule has 3 fully saturated rings. The molecule has 0 radical (unpaired) electrons. The summed E-state index contributed by atoms with van der Waals surface area (Å²) in [6.45, 7) is 18.2. The molecule has 8 heteroatoms. The predicted molar refractivity (Wildman–Crippen MR) is 150 cm³/mol. The molecule has 7 nitrogen and oxygen atoms in total. The monoisotopic (exact) mass is 542 g/mol. The van der Waals surface area contributed by atoms with Crippen LogP contribution in [0.2, 0.25) is 0 Å². The summed E-state index contributed by atoms with van der Waals surface area (Å²) in [7, 11) is -3.56. The topological polar surface area (TPSA) is 79.3 Å². The zero-order chi connectivity index (χ0) is 27.3. The van der Waals surface area contributed by atoms with E-state index in [1.54, 1.807) is 6.92 Å². The Balaban J connectivity index is 1.75. The maximum absolute atomic E-state index is 14.6. The molecule has 0 aromatic heterocycles. The number of aliphatic hydroxyl groups is 1. The number of amides is 1. The Hall–Kier alpha value is -0.460. The number of β-amino-alcohol motifs (C(OH)–C–C–N with tert-alkyl or cyclic N) is 1. The van der Waals surface area contributed by atoms with Gasteiger partial charge in [-0.2, -0.15) is 0 Å². The highest BCUT2D eigenvalue weighted by Gasteiger charge is 2.43. The lowest BCUT2D eigenvalue weighted by Gasteiger charge is -2.42. The van der Waals surface area contributed by atoms with Crippen LogP contribution >= 0.6 is 7.60 Å². The molecule has 1 unspecified atom stereocenters. The normalized spacial score (nSPS) is 34.5. The van der Waals surface area contributed by atoms with Gasteiger partial charge in [-0.25, -0.2) is 0 Å². The number of aliphatic hydroxyl groups excluding tert-OH is 1. The zero-order valence-corrected chi connectivity index (χ0v) is 25.5. The molecular weight excluding hydrogens is 487 g/mol. The maximum Gasteiger partial charge on any atom is 0.333 e. The van der Waals surface area contributed by atoms with Crippen LogP contribution in [0.3, 0.4) is 0 Å². The second-order valence-electron chi connectivity index (χ2n) is 13.2. The molecule has 1 heterocycles. The van der Waals surface area contributed by atoms with Crippen LogP contribution in [0.25, 0.3) is 0 Å². The Labute approximate surface area is 226 Å². The molecule has 1 N–H and O–H groups in total. The SMILES string of the molecule is CC(=O)N1CCN(C[C@H](O)CP(=O)(O[C@@H]2C[C@H](C)CC[C@@H]2C(C)C)O[C@@H]2C[C@H](C)CC[C@H]2C(C)C)CC1. The van der Waals surface area contributed by atoms with Crippen molar-refractivity contribution in [2.75, 3.05) is 38.9 Å². The van der Waals surface area contributed by atoms with Crippen LogP contribution in [0.1, 0.15) is 87.0 Å². The third-order valence-corrected chi connectivity index (χ3v) is 11.3. The molecule has 3 aliphatic rings. The molecule has 0 bridgehead atoms. The van der Waals surface area contributed by atoms with Crippen LogP contribution in [0.15, 0.2) is 0 Å². The molecule has 0 spiro atoms. The third-order valence-electron chi connectivity index (χ3n) is 9.24. The maximum atomic E-state index is 14.6. The minimum absolute atomic E-state index is 0.0331. The zero-order valence-electron chi connectivity index (χ0n) is 24.6. The number of hydrogen-bond donors (Lipinski definition) is 1. The molecule has 0 aromatic rings. The molecule has 8 atom stereocenters. The number of piperazine rings is 1. The molecule has 37 heavy (non-hydrogen) atoms. The average molecular weight is 543 g/mol. The summed E-state index contributed by atoms with van der Waals surface area (Å²) in [5, 5.41) is 11.2. The summed E-state index contributed by atoms with van der Waals surface area (Å²) < 4.78 is 27.8. The van der Waals surface area contributed by atoms with E-state index in [2.05, 4.69) is 46.4 Å². The van der Waals surface area contributed by atoms with Gasteiger partial charge in [0.1, 0.15) is 0 Å². The van der Waals surface area contributed by atoms with Crippen LogP contribution in [0.5, 0.6) is 0 Å². The van der Waals surface area contributed by atoms with Gasteiger partial charge in [0.2, 0.25) is 5.91 Å². The van der Waals surface area contributed by atoms with E-state index < -0.39 is 13.7 Å². The summed E-state index contributed by atoms with van der Waals surface area (Å²) in [6, 6.07) is 0. The average Bonchev–Trinajstić information content (AvgIpc) is 2.78. The first-order chi connectivity index (χ1) is 17.4. The minimum atomic E-state index is -3.56. The van der Waals surface area contributed by atoms with Crippen molar-refractivity contribution >= 4 is 13.5 Å². The quantitative estimate of drug-likeness (QED) is 0.359. The molecule has 1 saturated heterocycles. The standard InChI is InChI=1S/C29H55N2O5P/c1-20(2)26-10-8-22(5)16-28(26)35-37(34,36-29-17-23(6)9-11-27(29)21(3)4)19-25(33)18-30-12-14-31(15-13-30)24(7)32/h20-23,25-29,33H,8-19H2,1-7H3/t22-,23-,25+,26-,27+,28-,29-,37?/m1/s1. The number of carbonyl (C=O) groups excluding carboxylic acids is 1. The lowest BCUT2D eigenvalue weighted by Crippen LogP contribution is -2.50. The number of carbonyl (C=O) groups is 1. The van der Waals surface area contributed by atoms with Crippen molar-refractivity contribution in [2.24, 2.45) is 35.5 Å². The first-order valence-electron chi connectivity index (χ1n) is 15.0. The van der Waals surface area contributed by atoms with Crippen molar-refractivity contribution in [3.8, 4) is 0 Å². The molecule has 1 amide bonds. The van der Waals surface area contributed by atoms with Crippen molar-refractivity contribution in [1.29, 1.82) is 0 Å². The molecule has 216 valence electrons. The highest BCUT2D eigenvalue weighted by Crippen LogP contribution is 2.56. The fourth-order valence-corrected chi connectivity index (χ4v) is 9.02. The Morgan fingerprint density at radius 3 is 1.73 bits per heavy atom. The second kappa shape index (κ2) is 13.7. The van der Waals surface area contributed by atoms with E-state index in [0.29, 0.717) is 68.2 Å². The molecular formula is C29H55N2O5P. The summed E-state index contributed by atoms with van der Waals surface area (Å²) in [5.41, 5.74) is 0. The van der Waals surface area contributed by atoms with Gasteiger partial charge in [-0.05, 0) is 61.2 Å². The number of nitrogens with zero attached hydrogens (tertiary/aromatic N) is 2. The van der Waals surface area contributed by atoms with Gasteiger partial charge in [0.25, 0.3) is 0 Å². The van der Waals surface area contributed by atoms with Crippen LogP contribution in [0, 0.1) is 35.5 Å². The fourth-order valence-electron chi connectivity index (χ4n) is 6.85. The Morgan fingerprint density at radius 2 is 1.32 bits per heavy atom. The Morgan fingerprint density at radius 1 is 0.865 bits per heavy atom. The van der Waals surface area contributed by atoms with E-state index >= 15 is 0 Å². The molecule has 2 aliphatic carbocycles. The first kappa shape index (κ1) is 31.1. The highest BCUT2D eigenvalue weighted by atomic mass is 31.2. The summed E-state index contributed by atoms with van der Waals surface area (Å²) in [6.07, 6.45) is 5.36. The van der Waals surface area contributed by atoms with Gasteiger partial charge in [-0.3, -0.25) is 14.3 Å². The molecule has 3 rings (SSSR count). The van der Waals surface area contributed by atoms with Gasteiger partial charge in [-0.15, -0.1) is 0 Å². The fraction of sp³-hybridized carbons (Fsp3) is 0.966.